The highest BCUT2D eigenvalue weighted by Gasteiger charge is 2.46. The van der Waals surface area contributed by atoms with E-state index in [0.29, 0.717) is 48.9 Å². The van der Waals surface area contributed by atoms with E-state index in [0.717, 1.165) is 18.8 Å². The summed E-state index contributed by atoms with van der Waals surface area (Å²) in [5.41, 5.74) is 2.64. The van der Waals surface area contributed by atoms with Gasteiger partial charge in [0.05, 0.1) is 55.1 Å². The summed E-state index contributed by atoms with van der Waals surface area (Å²) < 4.78 is 12.5. The predicted octanol–water partition coefficient (Wildman–Crippen LogP) is 2.94. The van der Waals surface area contributed by atoms with Crippen molar-refractivity contribution in [2.24, 2.45) is 0 Å². The van der Waals surface area contributed by atoms with E-state index in [9.17, 15) is 14.7 Å². The number of benzene rings is 2. The molecule has 1 N–H and O–H groups in total. The van der Waals surface area contributed by atoms with E-state index in [-0.39, 0.29) is 11.3 Å². The molecule has 1 aromatic heterocycles. The number of ether oxygens (including phenoxy) is 2. The molecule has 1 amide bonds. The van der Waals surface area contributed by atoms with Crippen molar-refractivity contribution >= 4 is 17.4 Å². The molecule has 9 heteroatoms. The summed E-state index contributed by atoms with van der Waals surface area (Å²) in [5.74, 6) is -0.973. The first-order valence-corrected chi connectivity index (χ1v) is 12.3. The Hall–Kier alpha value is -3.95. The first-order valence-electron chi connectivity index (χ1n) is 12.3. The van der Waals surface area contributed by atoms with Crippen LogP contribution in [-0.4, -0.2) is 82.9 Å². The Kier molecular flexibility index (Phi) is 7.07. The minimum absolute atomic E-state index is 0.0518. The Bertz CT molecular complexity index is 1330. The van der Waals surface area contributed by atoms with Crippen molar-refractivity contribution in [3.05, 3.63) is 83.2 Å². The smallest absolute Gasteiger partial charge is 0.295 e. The third-order valence-electron chi connectivity index (χ3n) is 6.98. The quantitative estimate of drug-likeness (QED) is 0.301. The summed E-state index contributed by atoms with van der Waals surface area (Å²) in [6.45, 7) is 5.58. The Labute approximate surface area is 215 Å². The van der Waals surface area contributed by atoms with Crippen LogP contribution in [0.3, 0.4) is 0 Å². The van der Waals surface area contributed by atoms with Crippen molar-refractivity contribution in [1.82, 2.24) is 19.6 Å². The monoisotopic (exact) mass is 502 g/mol. The van der Waals surface area contributed by atoms with Crippen LogP contribution in [0.4, 0.5) is 0 Å². The second kappa shape index (κ2) is 10.6. The van der Waals surface area contributed by atoms with E-state index in [4.69, 9.17) is 9.47 Å². The zero-order valence-corrected chi connectivity index (χ0v) is 21.0. The average molecular weight is 503 g/mol. The van der Waals surface area contributed by atoms with Crippen molar-refractivity contribution < 1.29 is 24.2 Å². The molecule has 0 bridgehead atoms. The topological polar surface area (TPSA) is 97.1 Å². The molecular weight excluding hydrogens is 472 g/mol. The van der Waals surface area contributed by atoms with Crippen LogP contribution in [0.25, 0.3) is 11.4 Å². The van der Waals surface area contributed by atoms with E-state index >= 15 is 0 Å². The molecule has 9 nitrogen and oxygen atoms in total. The molecule has 2 aromatic carbocycles. The number of hydrogen-bond acceptors (Lipinski definition) is 7. The van der Waals surface area contributed by atoms with Gasteiger partial charge in [-0.25, -0.2) is 4.68 Å². The fraction of sp³-hybridized carbons (Fsp3) is 0.321. The number of para-hydroxylation sites is 1. The maximum Gasteiger partial charge on any atom is 0.295 e. The van der Waals surface area contributed by atoms with Gasteiger partial charge in [0, 0.05) is 26.2 Å². The molecule has 2 fully saturated rings. The first-order chi connectivity index (χ1) is 18.0. The Balaban J connectivity index is 1.57. The molecule has 2 aliphatic rings. The molecule has 5 rings (SSSR count). The highest BCUT2D eigenvalue weighted by molar-refractivity contribution is 6.46. The normalized spacial score (nSPS) is 19.9. The van der Waals surface area contributed by atoms with Crippen LogP contribution < -0.4 is 4.74 Å². The molecule has 192 valence electrons. The number of morpholine rings is 1. The molecule has 1 atom stereocenters. The number of amides is 1. The number of hydrogen-bond donors (Lipinski definition) is 1. The van der Waals surface area contributed by atoms with Crippen LogP contribution >= 0.6 is 0 Å². The minimum Gasteiger partial charge on any atom is -0.507 e. The Morgan fingerprint density at radius 2 is 1.84 bits per heavy atom. The van der Waals surface area contributed by atoms with Gasteiger partial charge in [0.25, 0.3) is 11.7 Å². The van der Waals surface area contributed by atoms with E-state index in [2.05, 4.69) is 10.00 Å². The number of ketones is 1. The molecule has 2 aliphatic heterocycles. The van der Waals surface area contributed by atoms with Gasteiger partial charge in [-0.3, -0.25) is 14.5 Å². The van der Waals surface area contributed by atoms with Crippen molar-refractivity contribution in [3.8, 4) is 11.4 Å². The Morgan fingerprint density at radius 3 is 2.57 bits per heavy atom. The molecule has 3 heterocycles. The molecule has 1 unspecified atom stereocenters. The van der Waals surface area contributed by atoms with Gasteiger partial charge < -0.3 is 19.5 Å². The van der Waals surface area contributed by atoms with Gasteiger partial charge in [0.15, 0.2) is 0 Å². The van der Waals surface area contributed by atoms with E-state index in [1.165, 1.54) is 6.20 Å². The van der Waals surface area contributed by atoms with Gasteiger partial charge in [0.1, 0.15) is 11.5 Å². The lowest BCUT2D eigenvalue weighted by Crippen LogP contribution is -2.42. The van der Waals surface area contributed by atoms with Crippen molar-refractivity contribution in [2.45, 2.75) is 13.0 Å². The maximum absolute atomic E-state index is 13.4. The molecule has 0 aliphatic carbocycles. The number of carbonyl (C=O) groups excluding carboxylic acids is 2. The molecule has 0 spiro atoms. The number of likely N-dealkylation sites (tertiary alicyclic amines) is 1. The summed E-state index contributed by atoms with van der Waals surface area (Å²) >= 11 is 0. The van der Waals surface area contributed by atoms with Crippen LogP contribution in [0, 0.1) is 6.92 Å². The molecule has 3 aromatic rings. The zero-order valence-electron chi connectivity index (χ0n) is 21.0. The highest BCUT2D eigenvalue weighted by atomic mass is 16.5. The highest BCUT2D eigenvalue weighted by Crippen LogP contribution is 2.40. The fourth-order valence-corrected chi connectivity index (χ4v) is 4.96. The summed E-state index contributed by atoms with van der Waals surface area (Å²) in [4.78, 5) is 30.5. The SMILES string of the molecule is COc1cccc(C2/C(=C(/O)c3cnn(-c4ccccc4)c3C)C(=O)C(=O)N2CCN2CCOCC2)c1. The van der Waals surface area contributed by atoms with Gasteiger partial charge in [-0.15, -0.1) is 0 Å². The van der Waals surface area contributed by atoms with Gasteiger partial charge in [-0.2, -0.15) is 5.10 Å². The van der Waals surface area contributed by atoms with E-state index < -0.39 is 17.7 Å². The van der Waals surface area contributed by atoms with Gasteiger partial charge >= 0.3 is 0 Å². The fourth-order valence-electron chi connectivity index (χ4n) is 4.96. The standard InChI is InChI=1S/C28H30N4O5/c1-19-23(18-29-32(19)21-8-4-3-5-9-21)26(33)24-25(20-7-6-10-22(17-20)36-2)31(28(35)27(24)34)12-11-30-13-15-37-16-14-30/h3-10,17-18,25,33H,11-16H2,1-2H3/b26-24-. The minimum atomic E-state index is -0.754. The molecular formula is C28H30N4O5. The lowest BCUT2D eigenvalue weighted by molar-refractivity contribution is -0.140. The molecule has 0 saturated carbocycles. The second-order valence-corrected chi connectivity index (χ2v) is 9.11. The number of nitrogens with zero attached hydrogens (tertiary/aromatic N) is 4. The van der Waals surface area contributed by atoms with Crippen molar-refractivity contribution in [2.75, 3.05) is 46.5 Å². The van der Waals surface area contributed by atoms with Crippen molar-refractivity contribution in [3.63, 3.8) is 0 Å². The molecule has 2 saturated heterocycles. The van der Waals surface area contributed by atoms with Crippen LogP contribution in [0.1, 0.15) is 22.9 Å². The number of methoxy groups -OCH3 is 1. The van der Waals surface area contributed by atoms with Crippen molar-refractivity contribution in [1.29, 1.82) is 0 Å². The predicted molar refractivity (Wildman–Crippen MR) is 138 cm³/mol. The van der Waals surface area contributed by atoms with E-state index in [1.54, 1.807) is 28.8 Å². The van der Waals surface area contributed by atoms with Gasteiger partial charge in [-0.1, -0.05) is 30.3 Å². The first kappa shape index (κ1) is 24.7. The average Bonchev–Trinajstić information content (AvgIpc) is 3.45. The maximum atomic E-state index is 13.4. The lowest BCUT2D eigenvalue weighted by Gasteiger charge is -2.31. The number of Topliss-reactive ketones (excluding diaryl/α,β-unsaturated/α-hetero) is 1. The van der Waals surface area contributed by atoms with E-state index in [1.807, 2.05) is 49.4 Å². The molecule has 37 heavy (non-hydrogen) atoms. The number of carbonyl (C=O) groups is 2. The third-order valence-corrected chi connectivity index (χ3v) is 6.98. The van der Waals surface area contributed by atoms with Crippen LogP contribution in [0.2, 0.25) is 0 Å². The number of aliphatic hydroxyl groups excluding tert-OH is 1. The third kappa shape index (κ3) is 4.75. The summed E-state index contributed by atoms with van der Waals surface area (Å²) in [7, 11) is 1.57. The number of rotatable bonds is 7. The van der Waals surface area contributed by atoms with Crippen LogP contribution in [0.15, 0.2) is 66.4 Å². The van der Waals surface area contributed by atoms with Crippen LogP contribution in [0.5, 0.6) is 5.75 Å². The van der Waals surface area contributed by atoms with Crippen LogP contribution in [-0.2, 0) is 14.3 Å². The summed E-state index contributed by atoms with van der Waals surface area (Å²) in [6, 6.07) is 16.0. The van der Waals surface area contributed by atoms with Gasteiger partial charge in [0.2, 0.25) is 0 Å². The zero-order chi connectivity index (χ0) is 25.9. The summed E-state index contributed by atoms with van der Waals surface area (Å²) in [5, 5.41) is 15.9. The second-order valence-electron chi connectivity index (χ2n) is 9.11. The summed E-state index contributed by atoms with van der Waals surface area (Å²) in [6.07, 6.45) is 1.53. The van der Waals surface area contributed by atoms with Gasteiger partial charge in [-0.05, 0) is 36.8 Å². The largest absolute Gasteiger partial charge is 0.507 e. The lowest BCUT2D eigenvalue weighted by atomic mass is 9.95. The number of aromatic nitrogens is 2. The molecule has 0 radical (unpaired) electrons. The Morgan fingerprint density at radius 1 is 1.08 bits per heavy atom. The number of aliphatic hydroxyl groups is 1.